The highest BCUT2D eigenvalue weighted by Crippen LogP contribution is 2.26. The Morgan fingerprint density at radius 1 is 1.39 bits per heavy atom. The van der Waals surface area contributed by atoms with Crippen LogP contribution >= 0.6 is 0 Å². The molecule has 128 valence electrons. The van der Waals surface area contributed by atoms with Crippen LogP contribution in [0.25, 0.3) is 0 Å². The molecule has 0 radical (unpaired) electrons. The van der Waals surface area contributed by atoms with Gasteiger partial charge in [-0.25, -0.2) is 4.79 Å². The highest BCUT2D eigenvalue weighted by atomic mass is 16.3. The third-order valence-electron chi connectivity index (χ3n) is 4.87. The Kier molecular flexibility index (Phi) is 6.05. The van der Waals surface area contributed by atoms with Gasteiger partial charge in [-0.1, -0.05) is 30.2 Å². The number of aliphatic hydroxyl groups excluding tert-OH is 1. The van der Waals surface area contributed by atoms with Crippen molar-refractivity contribution >= 4 is 6.03 Å². The Morgan fingerprint density at radius 2 is 2.13 bits per heavy atom. The van der Waals surface area contributed by atoms with Gasteiger partial charge in [-0.3, -0.25) is 0 Å². The van der Waals surface area contributed by atoms with Gasteiger partial charge in [0.05, 0.1) is 6.10 Å². The zero-order valence-electron chi connectivity index (χ0n) is 14.8. The smallest absolute Gasteiger partial charge is 0.317 e. The SMILES string of the molecule is Cc1ccc(CC(C)NC(=O)N(C)CC2CCCC2O)c(C)c1. The van der Waals surface area contributed by atoms with Crippen LogP contribution in [0, 0.1) is 19.8 Å². The normalized spacial score (nSPS) is 22.0. The van der Waals surface area contributed by atoms with E-state index in [1.165, 1.54) is 16.7 Å². The molecule has 3 unspecified atom stereocenters. The molecule has 0 aliphatic heterocycles. The number of hydrogen-bond donors (Lipinski definition) is 2. The second-order valence-electron chi connectivity index (χ2n) is 7.12. The molecule has 2 rings (SSSR count). The third kappa shape index (κ3) is 4.96. The molecule has 2 amide bonds. The summed E-state index contributed by atoms with van der Waals surface area (Å²) >= 11 is 0. The standard InChI is InChI=1S/C19H30N2O2/c1-13-8-9-16(14(2)10-13)11-15(3)20-19(23)21(4)12-17-6-5-7-18(17)22/h8-10,15,17-18,22H,5-7,11-12H2,1-4H3,(H,20,23). The summed E-state index contributed by atoms with van der Waals surface area (Å²) in [5.41, 5.74) is 3.81. The summed E-state index contributed by atoms with van der Waals surface area (Å²) < 4.78 is 0. The van der Waals surface area contributed by atoms with Crippen molar-refractivity contribution in [3.63, 3.8) is 0 Å². The molecule has 0 bridgehead atoms. The van der Waals surface area contributed by atoms with Gasteiger partial charge in [0.1, 0.15) is 0 Å². The van der Waals surface area contributed by atoms with Crippen LogP contribution in [0.5, 0.6) is 0 Å². The van der Waals surface area contributed by atoms with Crippen molar-refractivity contribution in [2.24, 2.45) is 5.92 Å². The van der Waals surface area contributed by atoms with Crippen molar-refractivity contribution in [3.05, 3.63) is 34.9 Å². The summed E-state index contributed by atoms with van der Waals surface area (Å²) in [6.07, 6.45) is 3.51. The van der Waals surface area contributed by atoms with Crippen LogP contribution in [-0.4, -0.2) is 41.8 Å². The van der Waals surface area contributed by atoms with Gasteiger partial charge in [-0.2, -0.15) is 0 Å². The Hall–Kier alpha value is -1.55. The van der Waals surface area contributed by atoms with E-state index in [4.69, 9.17) is 0 Å². The van der Waals surface area contributed by atoms with Gasteiger partial charge in [0.15, 0.2) is 0 Å². The lowest BCUT2D eigenvalue weighted by Crippen LogP contribution is -2.45. The molecule has 1 aliphatic carbocycles. The maximum Gasteiger partial charge on any atom is 0.317 e. The summed E-state index contributed by atoms with van der Waals surface area (Å²) in [6, 6.07) is 6.47. The number of carbonyl (C=O) groups excluding carboxylic acids is 1. The zero-order chi connectivity index (χ0) is 17.0. The van der Waals surface area contributed by atoms with Crippen LogP contribution in [0.3, 0.4) is 0 Å². The molecule has 1 aromatic rings. The van der Waals surface area contributed by atoms with Crippen molar-refractivity contribution in [3.8, 4) is 0 Å². The van der Waals surface area contributed by atoms with E-state index in [9.17, 15) is 9.90 Å². The van der Waals surface area contributed by atoms with Crippen molar-refractivity contribution in [2.45, 2.75) is 58.6 Å². The van der Waals surface area contributed by atoms with E-state index in [2.05, 4.69) is 37.4 Å². The molecule has 0 spiro atoms. The topological polar surface area (TPSA) is 52.6 Å². The fourth-order valence-electron chi connectivity index (χ4n) is 3.44. The first-order chi connectivity index (χ1) is 10.9. The minimum Gasteiger partial charge on any atom is -0.393 e. The fourth-order valence-corrected chi connectivity index (χ4v) is 3.44. The predicted molar refractivity (Wildman–Crippen MR) is 93.6 cm³/mol. The van der Waals surface area contributed by atoms with E-state index < -0.39 is 0 Å². The Morgan fingerprint density at radius 3 is 2.74 bits per heavy atom. The summed E-state index contributed by atoms with van der Waals surface area (Å²) in [4.78, 5) is 14.0. The van der Waals surface area contributed by atoms with E-state index in [0.29, 0.717) is 6.54 Å². The average molecular weight is 318 g/mol. The van der Waals surface area contributed by atoms with Crippen molar-refractivity contribution in [2.75, 3.05) is 13.6 Å². The van der Waals surface area contributed by atoms with Gasteiger partial charge in [0.25, 0.3) is 0 Å². The molecule has 0 aromatic heterocycles. The summed E-state index contributed by atoms with van der Waals surface area (Å²) in [5.74, 6) is 0.223. The first-order valence-electron chi connectivity index (χ1n) is 8.62. The van der Waals surface area contributed by atoms with E-state index >= 15 is 0 Å². The molecule has 0 saturated heterocycles. The van der Waals surface area contributed by atoms with Gasteiger partial charge in [-0.05, 0) is 51.2 Å². The number of nitrogens with zero attached hydrogens (tertiary/aromatic N) is 1. The van der Waals surface area contributed by atoms with Crippen molar-refractivity contribution < 1.29 is 9.90 Å². The van der Waals surface area contributed by atoms with Crippen molar-refractivity contribution in [1.29, 1.82) is 0 Å². The number of aliphatic hydroxyl groups is 1. The number of carbonyl (C=O) groups is 1. The van der Waals surface area contributed by atoms with Crippen LogP contribution < -0.4 is 5.32 Å². The van der Waals surface area contributed by atoms with Crippen LogP contribution in [0.2, 0.25) is 0 Å². The van der Waals surface area contributed by atoms with Gasteiger partial charge >= 0.3 is 6.03 Å². The molecular weight excluding hydrogens is 288 g/mol. The van der Waals surface area contributed by atoms with Gasteiger partial charge < -0.3 is 15.3 Å². The maximum absolute atomic E-state index is 12.3. The number of benzene rings is 1. The molecule has 1 aromatic carbocycles. The first kappa shape index (κ1) is 17.8. The lowest BCUT2D eigenvalue weighted by Gasteiger charge is -2.25. The molecule has 1 fully saturated rings. The Balaban J connectivity index is 1.83. The quantitative estimate of drug-likeness (QED) is 0.877. The second kappa shape index (κ2) is 7.82. The van der Waals surface area contributed by atoms with Gasteiger partial charge in [-0.15, -0.1) is 0 Å². The number of nitrogens with one attached hydrogen (secondary N) is 1. The minimum absolute atomic E-state index is 0.0543. The molecule has 0 heterocycles. The molecule has 1 saturated carbocycles. The van der Waals surface area contributed by atoms with Crippen LogP contribution in [0.4, 0.5) is 4.79 Å². The van der Waals surface area contributed by atoms with E-state index in [1.807, 2.05) is 14.0 Å². The minimum atomic E-state index is -0.252. The highest BCUT2D eigenvalue weighted by molar-refractivity contribution is 5.74. The zero-order valence-corrected chi connectivity index (χ0v) is 14.8. The maximum atomic E-state index is 12.3. The summed E-state index contributed by atoms with van der Waals surface area (Å²) in [7, 11) is 1.81. The lowest BCUT2D eigenvalue weighted by atomic mass is 10.00. The molecule has 4 heteroatoms. The largest absolute Gasteiger partial charge is 0.393 e. The Bertz CT molecular complexity index is 544. The van der Waals surface area contributed by atoms with Crippen LogP contribution in [0.1, 0.15) is 42.9 Å². The third-order valence-corrected chi connectivity index (χ3v) is 4.87. The molecule has 23 heavy (non-hydrogen) atoms. The monoisotopic (exact) mass is 318 g/mol. The van der Waals surface area contributed by atoms with Crippen LogP contribution in [-0.2, 0) is 6.42 Å². The first-order valence-corrected chi connectivity index (χ1v) is 8.62. The molecule has 2 N–H and O–H groups in total. The molecule has 3 atom stereocenters. The lowest BCUT2D eigenvalue weighted by molar-refractivity contribution is 0.113. The fraction of sp³-hybridized carbons (Fsp3) is 0.632. The van der Waals surface area contributed by atoms with E-state index in [0.717, 1.165) is 25.7 Å². The number of hydrogen-bond acceptors (Lipinski definition) is 2. The average Bonchev–Trinajstić information content (AvgIpc) is 2.87. The summed E-state index contributed by atoms with van der Waals surface area (Å²) in [5, 5.41) is 13.0. The van der Waals surface area contributed by atoms with E-state index in [-0.39, 0.29) is 24.1 Å². The second-order valence-corrected chi connectivity index (χ2v) is 7.12. The number of aryl methyl sites for hydroxylation is 2. The summed E-state index contributed by atoms with van der Waals surface area (Å²) in [6.45, 7) is 6.87. The van der Waals surface area contributed by atoms with Gasteiger partial charge in [0.2, 0.25) is 0 Å². The highest BCUT2D eigenvalue weighted by Gasteiger charge is 2.27. The molecule has 1 aliphatic rings. The Labute approximate surface area is 139 Å². The molecular formula is C19H30N2O2. The predicted octanol–water partition coefficient (Wildman–Crippen LogP) is 3.04. The number of rotatable bonds is 5. The number of urea groups is 1. The van der Waals surface area contributed by atoms with E-state index in [1.54, 1.807) is 4.90 Å². The van der Waals surface area contributed by atoms with Crippen molar-refractivity contribution in [1.82, 2.24) is 10.2 Å². The molecule has 4 nitrogen and oxygen atoms in total. The van der Waals surface area contributed by atoms with Gasteiger partial charge in [0, 0.05) is 25.6 Å². The number of amides is 2. The van der Waals surface area contributed by atoms with Crippen LogP contribution in [0.15, 0.2) is 18.2 Å².